The summed E-state index contributed by atoms with van der Waals surface area (Å²) in [6.07, 6.45) is 11.1. The van der Waals surface area contributed by atoms with Crippen molar-refractivity contribution >= 4 is 0 Å². The maximum atomic E-state index is 6.34. The zero-order chi connectivity index (χ0) is 16.4. The minimum atomic E-state index is 0.350. The Kier molecular flexibility index (Phi) is 6.03. The molecule has 3 aliphatic rings. The van der Waals surface area contributed by atoms with Gasteiger partial charge in [-0.05, 0) is 90.4 Å². The van der Waals surface area contributed by atoms with Crippen LogP contribution in [0.4, 0.5) is 0 Å². The highest BCUT2D eigenvalue weighted by atomic mass is 16.5. The van der Waals surface area contributed by atoms with Crippen LogP contribution < -0.4 is 0 Å². The lowest BCUT2D eigenvalue weighted by atomic mass is 9.91. The first-order valence-electron chi connectivity index (χ1n) is 9.92. The van der Waals surface area contributed by atoms with Gasteiger partial charge in [-0.3, -0.25) is 0 Å². The number of ether oxygens (including phenoxy) is 3. The molecule has 3 saturated carbocycles. The fraction of sp³-hybridized carbons (Fsp3) is 1.00. The summed E-state index contributed by atoms with van der Waals surface area (Å²) in [7, 11) is 0. The molecule has 2 unspecified atom stereocenters. The summed E-state index contributed by atoms with van der Waals surface area (Å²) < 4.78 is 17.9. The van der Waals surface area contributed by atoms with Gasteiger partial charge in [0.15, 0.2) is 0 Å². The van der Waals surface area contributed by atoms with Gasteiger partial charge in [0.2, 0.25) is 0 Å². The standard InChI is InChI=1S/C20H36O3/c1-13(2)21-6-5-15-7-16-9-18(10-17(16)8-15)23-20-11-19(12-20)22-14(3)4/h13-20H,5-12H2,1-4H3/t15?,16-,17+,18?,19?,20?. The molecule has 3 rings (SSSR count). The van der Waals surface area contributed by atoms with Gasteiger partial charge < -0.3 is 14.2 Å². The first-order chi connectivity index (χ1) is 11.0. The molecule has 0 N–H and O–H groups in total. The minimum Gasteiger partial charge on any atom is -0.379 e. The van der Waals surface area contributed by atoms with E-state index in [1.807, 2.05) is 0 Å². The first-order valence-corrected chi connectivity index (χ1v) is 9.92. The minimum absolute atomic E-state index is 0.350. The second kappa shape index (κ2) is 7.84. The highest BCUT2D eigenvalue weighted by Crippen LogP contribution is 2.49. The van der Waals surface area contributed by atoms with Crippen molar-refractivity contribution in [3.63, 3.8) is 0 Å². The van der Waals surface area contributed by atoms with Crippen molar-refractivity contribution in [2.24, 2.45) is 17.8 Å². The van der Waals surface area contributed by atoms with Crippen LogP contribution in [0, 0.1) is 17.8 Å². The van der Waals surface area contributed by atoms with Crippen LogP contribution in [0.5, 0.6) is 0 Å². The zero-order valence-corrected chi connectivity index (χ0v) is 15.5. The molecule has 3 nitrogen and oxygen atoms in total. The summed E-state index contributed by atoms with van der Waals surface area (Å²) in [5.41, 5.74) is 0. The van der Waals surface area contributed by atoms with Gasteiger partial charge in [-0.2, -0.15) is 0 Å². The van der Waals surface area contributed by atoms with Gasteiger partial charge in [-0.15, -0.1) is 0 Å². The van der Waals surface area contributed by atoms with Gasteiger partial charge in [0.05, 0.1) is 30.5 Å². The van der Waals surface area contributed by atoms with E-state index in [9.17, 15) is 0 Å². The average molecular weight is 325 g/mol. The molecule has 0 aromatic rings. The molecule has 0 bridgehead atoms. The summed E-state index contributed by atoms with van der Waals surface area (Å²) >= 11 is 0. The van der Waals surface area contributed by atoms with E-state index in [2.05, 4.69) is 27.7 Å². The van der Waals surface area contributed by atoms with E-state index in [-0.39, 0.29) is 0 Å². The molecule has 0 aromatic carbocycles. The number of hydrogen-bond donors (Lipinski definition) is 0. The van der Waals surface area contributed by atoms with E-state index >= 15 is 0 Å². The Morgan fingerprint density at radius 2 is 1.35 bits per heavy atom. The van der Waals surface area contributed by atoms with Crippen molar-refractivity contribution in [3.05, 3.63) is 0 Å². The zero-order valence-electron chi connectivity index (χ0n) is 15.5. The van der Waals surface area contributed by atoms with Gasteiger partial charge in [0.25, 0.3) is 0 Å². The van der Waals surface area contributed by atoms with Crippen LogP contribution in [-0.2, 0) is 14.2 Å². The summed E-state index contributed by atoms with van der Waals surface area (Å²) in [6.45, 7) is 9.44. The van der Waals surface area contributed by atoms with Crippen LogP contribution >= 0.6 is 0 Å². The topological polar surface area (TPSA) is 27.7 Å². The predicted octanol–water partition coefficient (Wildman–Crippen LogP) is 4.58. The highest BCUT2D eigenvalue weighted by Gasteiger charge is 2.43. The largest absolute Gasteiger partial charge is 0.379 e. The molecule has 0 aliphatic heterocycles. The van der Waals surface area contributed by atoms with Crippen molar-refractivity contribution < 1.29 is 14.2 Å². The molecular formula is C20H36O3. The molecule has 3 fully saturated rings. The Morgan fingerprint density at radius 3 is 1.91 bits per heavy atom. The second-order valence-corrected chi connectivity index (χ2v) is 8.70. The molecule has 134 valence electrons. The van der Waals surface area contributed by atoms with E-state index in [1.54, 1.807) is 0 Å². The summed E-state index contributed by atoms with van der Waals surface area (Å²) in [5.74, 6) is 2.75. The fourth-order valence-electron chi connectivity index (χ4n) is 4.90. The van der Waals surface area contributed by atoms with Crippen LogP contribution in [-0.4, -0.2) is 37.1 Å². The molecule has 3 aliphatic carbocycles. The van der Waals surface area contributed by atoms with Gasteiger partial charge >= 0.3 is 0 Å². The third-order valence-corrected chi connectivity index (χ3v) is 5.95. The Labute approximate surface area is 142 Å². The molecule has 0 aromatic heterocycles. The van der Waals surface area contributed by atoms with Crippen LogP contribution in [0.3, 0.4) is 0 Å². The average Bonchev–Trinajstić information content (AvgIpc) is 2.93. The maximum absolute atomic E-state index is 6.34. The van der Waals surface area contributed by atoms with E-state index in [0.29, 0.717) is 30.5 Å². The first kappa shape index (κ1) is 17.7. The Morgan fingerprint density at radius 1 is 0.739 bits per heavy atom. The smallest absolute Gasteiger partial charge is 0.0628 e. The molecular weight excluding hydrogens is 288 g/mol. The lowest BCUT2D eigenvalue weighted by molar-refractivity contribution is -0.138. The van der Waals surface area contributed by atoms with E-state index < -0.39 is 0 Å². The van der Waals surface area contributed by atoms with Crippen LogP contribution in [0.15, 0.2) is 0 Å². The Hall–Kier alpha value is -0.120. The Balaban J connectivity index is 1.30. The molecule has 0 saturated heterocycles. The fourth-order valence-corrected chi connectivity index (χ4v) is 4.90. The monoisotopic (exact) mass is 324 g/mol. The third kappa shape index (κ3) is 4.93. The van der Waals surface area contributed by atoms with E-state index in [1.165, 1.54) is 32.1 Å². The number of fused-ring (bicyclic) bond motifs is 1. The SMILES string of the molecule is CC(C)OCCC1C[C@@H]2CC(OC3CC(OC(C)C)C3)C[C@@H]2C1. The Bertz CT molecular complexity index is 348. The van der Waals surface area contributed by atoms with Gasteiger partial charge in [0, 0.05) is 6.61 Å². The van der Waals surface area contributed by atoms with Crippen molar-refractivity contribution in [1.29, 1.82) is 0 Å². The van der Waals surface area contributed by atoms with E-state index in [4.69, 9.17) is 14.2 Å². The second-order valence-electron chi connectivity index (χ2n) is 8.70. The molecule has 0 heterocycles. The predicted molar refractivity (Wildman–Crippen MR) is 92.5 cm³/mol. The van der Waals surface area contributed by atoms with Crippen molar-refractivity contribution in [1.82, 2.24) is 0 Å². The summed E-state index contributed by atoms with van der Waals surface area (Å²) in [5, 5.41) is 0. The summed E-state index contributed by atoms with van der Waals surface area (Å²) in [6, 6.07) is 0. The van der Waals surface area contributed by atoms with E-state index in [0.717, 1.165) is 37.2 Å². The van der Waals surface area contributed by atoms with Gasteiger partial charge in [-0.1, -0.05) is 0 Å². The lowest BCUT2D eigenvalue weighted by Crippen LogP contribution is -2.40. The third-order valence-electron chi connectivity index (χ3n) is 5.95. The van der Waals surface area contributed by atoms with Crippen molar-refractivity contribution in [2.75, 3.05) is 6.61 Å². The van der Waals surface area contributed by atoms with Crippen LogP contribution in [0.2, 0.25) is 0 Å². The molecule has 23 heavy (non-hydrogen) atoms. The van der Waals surface area contributed by atoms with Crippen molar-refractivity contribution in [3.8, 4) is 0 Å². The lowest BCUT2D eigenvalue weighted by Gasteiger charge is -2.37. The van der Waals surface area contributed by atoms with Crippen molar-refractivity contribution in [2.45, 2.75) is 103 Å². The van der Waals surface area contributed by atoms with Gasteiger partial charge in [-0.25, -0.2) is 0 Å². The molecule has 3 heteroatoms. The number of rotatable bonds is 8. The molecule has 0 spiro atoms. The van der Waals surface area contributed by atoms with Crippen LogP contribution in [0.1, 0.15) is 72.6 Å². The normalized spacial score (nSPS) is 39.9. The molecule has 4 atom stereocenters. The molecule has 0 radical (unpaired) electrons. The van der Waals surface area contributed by atoms with Gasteiger partial charge in [0.1, 0.15) is 0 Å². The molecule has 0 amide bonds. The maximum Gasteiger partial charge on any atom is 0.0628 e. The highest BCUT2D eigenvalue weighted by molar-refractivity contribution is 4.93. The van der Waals surface area contributed by atoms with Crippen LogP contribution in [0.25, 0.3) is 0 Å². The quantitative estimate of drug-likeness (QED) is 0.654. The summed E-state index contributed by atoms with van der Waals surface area (Å²) in [4.78, 5) is 0. The number of hydrogen-bond acceptors (Lipinski definition) is 3.